The van der Waals surface area contributed by atoms with Crippen molar-refractivity contribution in [2.24, 2.45) is 45.1 Å². The number of aliphatic imine (C=N–C) groups is 2. The highest BCUT2D eigenvalue weighted by atomic mass is 32.2. The lowest BCUT2D eigenvalue weighted by atomic mass is 9.82. The van der Waals surface area contributed by atoms with Crippen LogP contribution in [0.1, 0.15) is 166 Å². The number of aryl methyl sites for hydroxylation is 4. The number of amides is 6. The van der Waals surface area contributed by atoms with Crippen molar-refractivity contribution >= 4 is 78.8 Å². The fourth-order valence-electron chi connectivity index (χ4n) is 11.3. The van der Waals surface area contributed by atoms with E-state index in [-0.39, 0.29) is 50.5 Å². The number of aliphatic hydroxyl groups is 1. The average Bonchev–Trinajstić information content (AvgIpc) is 4.14. The molecule has 0 radical (unpaired) electrons. The molecule has 2 saturated heterocycles. The Morgan fingerprint density at radius 2 is 1.00 bits per heavy atom. The normalized spacial score (nSPS) is 22.2. The van der Waals surface area contributed by atoms with Crippen molar-refractivity contribution in [1.82, 2.24) is 19.2 Å². The van der Waals surface area contributed by atoms with Crippen molar-refractivity contribution in [3.8, 4) is 0 Å². The van der Waals surface area contributed by atoms with Crippen LogP contribution in [0.4, 0.5) is 21.0 Å². The van der Waals surface area contributed by atoms with Crippen LogP contribution < -0.4 is 31.9 Å². The predicted octanol–water partition coefficient (Wildman–Crippen LogP) is 8.44. The van der Waals surface area contributed by atoms with Crippen LogP contribution in [-0.4, -0.2) is 136 Å². The number of sulfonamides is 2. The molecule has 2 aromatic rings. The second-order valence-electron chi connectivity index (χ2n) is 22.7. The highest BCUT2D eigenvalue weighted by Crippen LogP contribution is 2.38. The maximum atomic E-state index is 13.2. The maximum Gasteiger partial charge on any atom is 0.318 e. The molecule has 460 valence electrons. The molecule has 4 fully saturated rings. The Hall–Kier alpha value is -5.55. The second kappa shape index (κ2) is 30.8. The van der Waals surface area contributed by atoms with Crippen LogP contribution in [0.25, 0.3) is 6.08 Å². The quantitative estimate of drug-likeness (QED) is 0.143. The van der Waals surface area contributed by atoms with E-state index in [4.69, 9.17) is 26.6 Å². The van der Waals surface area contributed by atoms with Crippen molar-refractivity contribution < 1.29 is 45.9 Å². The summed E-state index contributed by atoms with van der Waals surface area (Å²) in [7, 11) is -3.96. The van der Waals surface area contributed by atoms with E-state index in [9.17, 15) is 40.8 Å². The molecule has 0 aromatic heterocycles. The molecule has 22 heteroatoms. The molecule has 6 aliphatic rings. The zero-order valence-electron chi connectivity index (χ0n) is 50.5. The summed E-state index contributed by atoms with van der Waals surface area (Å²) >= 11 is 0. The van der Waals surface area contributed by atoms with Gasteiger partial charge in [-0.3, -0.25) is 29.4 Å². The van der Waals surface area contributed by atoms with E-state index in [1.54, 1.807) is 39.2 Å². The largest absolute Gasteiger partial charge is 0.397 e. The number of nitrogens with one attached hydrogen (secondary N) is 2. The number of Topliss-reactive ketones (excluding diaryl/α,β-unsaturated/α-hetero) is 1. The van der Waals surface area contributed by atoms with Crippen molar-refractivity contribution in [1.29, 1.82) is 0 Å². The maximum absolute atomic E-state index is 13.2. The zero-order valence-corrected chi connectivity index (χ0v) is 52.1. The highest BCUT2D eigenvalue weighted by Gasteiger charge is 2.50. The summed E-state index contributed by atoms with van der Waals surface area (Å²) in [5, 5.41) is 14.9. The number of amidine groups is 2. The summed E-state index contributed by atoms with van der Waals surface area (Å²) in [6.07, 6.45) is 12.4. The molecular weight excluding hydrogens is 1080 g/mol. The molecule has 2 spiro atoms. The molecule has 8 rings (SSSR count). The van der Waals surface area contributed by atoms with E-state index in [2.05, 4.69) is 24.5 Å². The zero-order chi connectivity index (χ0) is 60.8. The summed E-state index contributed by atoms with van der Waals surface area (Å²) in [6.45, 7) is 22.2. The molecule has 6 amide bonds. The second-order valence-corrected chi connectivity index (χ2v) is 26.6. The van der Waals surface area contributed by atoms with Gasteiger partial charge < -0.3 is 32.0 Å². The molecule has 7 N–H and O–H groups in total. The van der Waals surface area contributed by atoms with Crippen LogP contribution in [0, 0.1) is 51.4 Å². The number of hydrogen-bond donors (Lipinski definition) is 5. The van der Waals surface area contributed by atoms with E-state index < -0.39 is 43.2 Å². The lowest BCUT2D eigenvalue weighted by Crippen LogP contribution is -2.51. The third-order valence-corrected chi connectivity index (χ3v) is 19.8. The number of carbonyl (C=O) groups is 5. The van der Waals surface area contributed by atoms with Crippen molar-refractivity contribution in [3.63, 3.8) is 0 Å². The first-order chi connectivity index (χ1) is 38.0. The number of piperidine rings is 2. The Morgan fingerprint density at radius 1 is 0.671 bits per heavy atom. The molecule has 0 bridgehead atoms. The van der Waals surface area contributed by atoms with Gasteiger partial charge in [-0.2, -0.15) is 4.31 Å². The minimum Gasteiger partial charge on any atom is -0.397 e. The first-order valence-corrected chi connectivity index (χ1v) is 31.9. The van der Waals surface area contributed by atoms with Crippen LogP contribution in [0.15, 0.2) is 39.7 Å². The van der Waals surface area contributed by atoms with Crippen LogP contribution in [-0.2, 0) is 40.9 Å². The molecule has 2 aromatic carbocycles. The van der Waals surface area contributed by atoms with Gasteiger partial charge in [0.1, 0.15) is 28.5 Å². The molecule has 4 aliphatic heterocycles. The first-order valence-electron chi connectivity index (χ1n) is 28.8. The van der Waals surface area contributed by atoms with E-state index in [0.29, 0.717) is 68.4 Å². The smallest absolute Gasteiger partial charge is 0.318 e. The van der Waals surface area contributed by atoms with Crippen LogP contribution in [0.2, 0.25) is 0 Å². The SMILES string of the molecule is C.CC.CC(C)=O.CCO.Cc1cc(N(C)C(N)=O)cc(C)c1/C=C/S(=O)(=O)N1CCC2(CC1)N=C(C1CCC(C)CC1)NC2=O.Cc1cc(N(C)C(N)=O)cc(C)c1CCS(=O)(=O)N1CCC2(CC1)N=C(C1CCC(C)CC1)NC2=O. The lowest BCUT2D eigenvalue weighted by Gasteiger charge is -2.34. The van der Waals surface area contributed by atoms with Crippen LogP contribution in [0.5, 0.6) is 0 Å². The van der Waals surface area contributed by atoms with E-state index in [1.807, 2.05) is 53.7 Å². The van der Waals surface area contributed by atoms with Gasteiger partial charge in [0.2, 0.25) is 20.0 Å². The minimum atomic E-state index is -3.67. The molecule has 0 atom stereocenters. The van der Waals surface area contributed by atoms with Gasteiger partial charge in [-0.25, -0.2) is 30.7 Å². The number of ketones is 1. The third kappa shape index (κ3) is 18.2. The number of primary amides is 2. The molecule has 0 unspecified atom stereocenters. The number of carbonyl (C=O) groups excluding carboxylic acids is 5. The number of anilines is 2. The van der Waals surface area contributed by atoms with Crippen molar-refractivity contribution in [2.45, 2.75) is 178 Å². The Bertz CT molecular complexity index is 2820. The fourth-order valence-corrected chi connectivity index (χ4v) is 13.9. The topological polar surface area (TPSA) is 288 Å². The van der Waals surface area contributed by atoms with Gasteiger partial charge in [-0.15, -0.1) is 0 Å². The number of aliphatic hydroxyl groups excluding tert-OH is 1. The average molecular weight is 1180 g/mol. The molecule has 20 nitrogen and oxygen atoms in total. The van der Waals surface area contributed by atoms with E-state index in [0.717, 1.165) is 108 Å². The van der Waals surface area contributed by atoms with Crippen molar-refractivity contribution in [3.05, 3.63) is 63.1 Å². The predicted molar refractivity (Wildman–Crippen MR) is 331 cm³/mol. The Labute approximate surface area is 490 Å². The molecular formula is C60H98N10O10S2. The van der Waals surface area contributed by atoms with E-state index >= 15 is 0 Å². The Kier molecular flexibility index (Phi) is 26.6. The third-order valence-electron chi connectivity index (χ3n) is 16.4. The number of nitrogens with zero attached hydrogens (tertiary/aromatic N) is 6. The number of urea groups is 2. The van der Waals surface area contributed by atoms with Gasteiger partial charge in [0.25, 0.3) is 11.8 Å². The van der Waals surface area contributed by atoms with Gasteiger partial charge in [0.15, 0.2) is 0 Å². The van der Waals surface area contributed by atoms with Gasteiger partial charge in [-0.1, -0.05) is 60.8 Å². The summed E-state index contributed by atoms with van der Waals surface area (Å²) < 4.78 is 55.5. The summed E-state index contributed by atoms with van der Waals surface area (Å²) in [5.74, 6) is 3.69. The monoisotopic (exact) mass is 1180 g/mol. The summed E-state index contributed by atoms with van der Waals surface area (Å²) in [6, 6.07) is 6.19. The van der Waals surface area contributed by atoms with Crippen LogP contribution >= 0.6 is 0 Å². The van der Waals surface area contributed by atoms with Crippen molar-refractivity contribution in [2.75, 3.05) is 62.4 Å². The first kappa shape index (κ1) is 70.7. The molecule has 2 aliphatic carbocycles. The molecule has 2 saturated carbocycles. The minimum absolute atomic E-state index is 0. The van der Waals surface area contributed by atoms with Gasteiger partial charge >= 0.3 is 12.1 Å². The number of rotatable bonds is 11. The van der Waals surface area contributed by atoms with E-state index in [1.165, 1.54) is 37.7 Å². The summed E-state index contributed by atoms with van der Waals surface area (Å²) in [5.41, 5.74) is 15.7. The van der Waals surface area contributed by atoms with Gasteiger partial charge in [0, 0.05) is 75.5 Å². The number of benzene rings is 2. The Balaban J connectivity index is 0.000000372. The number of nitrogens with two attached hydrogens (primary N) is 2. The van der Waals surface area contributed by atoms with Gasteiger partial charge in [-0.05, 0) is 182 Å². The fraction of sp³-hybridized carbons (Fsp3) is 0.650. The molecule has 82 heavy (non-hydrogen) atoms. The highest BCUT2D eigenvalue weighted by molar-refractivity contribution is 7.92. The van der Waals surface area contributed by atoms with Gasteiger partial charge in [0.05, 0.1) is 5.75 Å². The Morgan fingerprint density at radius 3 is 1.34 bits per heavy atom. The standard InChI is InChI=1S/C26H39N5O4S.C26H37N5O4S.C3H6O.C2H6O.C2H6.CH4/c2*1-17-5-7-20(8-6-17)23-28-24(32)26(29-23)10-12-31(13-11-26)36(34,35)14-9-22-18(2)15-21(16-19(22)3)30(4)25(27)33;1-3(2)4;1-2-3;1-2;/h15-17,20H,5-14H2,1-4H3,(H2,27,33)(H,28,29,32);9,14-17,20H,5-8,10-13H2,1-4H3,(H2,27,33)(H,28,29,32);1-2H3;3H,2H2,1H3;1-2H3;1H4/b;14-9+;;;;. The lowest BCUT2D eigenvalue weighted by molar-refractivity contribution is -0.125. The molecule has 4 heterocycles. The van der Waals surface area contributed by atoms with Crippen LogP contribution in [0.3, 0.4) is 0 Å². The summed E-state index contributed by atoms with van der Waals surface area (Å²) in [4.78, 5) is 70.6. The number of hydrogen-bond acceptors (Lipinski definition) is 12.